The van der Waals surface area contributed by atoms with Crippen molar-refractivity contribution in [3.8, 4) is 0 Å². The van der Waals surface area contributed by atoms with Crippen LogP contribution >= 0.6 is 22.6 Å². The number of carbonyl (C=O) groups is 1. The molecule has 0 aliphatic rings. The summed E-state index contributed by atoms with van der Waals surface area (Å²) in [4.78, 5) is 15.1. The van der Waals surface area contributed by atoms with Crippen molar-refractivity contribution < 1.29 is 9.90 Å². The molecule has 0 aliphatic heterocycles. The fourth-order valence-corrected chi connectivity index (χ4v) is 2.10. The van der Waals surface area contributed by atoms with Gasteiger partial charge in [-0.2, -0.15) is 0 Å². The second-order valence-electron chi connectivity index (χ2n) is 3.67. The lowest BCUT2D eigenvalue weighted by Crippen LogP contribution is -2.09. The predicted octanol–water partition coefficient (Wildman–Crippen LogP) is 3.00. The van der Waals surface area contributed by atoms with E-state index in [1.54, 1.807) is 18.3 Å². The summed E-state index contributed by atoms with van der Waals surface area (Å²) < 4.78 is 1.12. The molecule has 92 valence electrons. The Balaban J connectivity index is 2.13. The average molecular weight is 354 g/mol. The van der Waals surface area contributed by atoms with E-state index in [2.05, 4.69) is 32.9 Å². The molecule has 1 aromatic carbocycles. The number of aromatic carboxylic acids is 1. The summed E-state index contributed by atoms with van der Waals surface area (Å²) in [5.74, 6) is -0.956. The Morgan fingerprint density at radius 2 is 2.17 bits per heavy atom. The van der Waals surface area contributed by atoms with Crippen LogP contribution in [0.5, 0.6) is 0 Å². The number of nitrogens with zero attached hydrogens (tertiary/aromatic N) is 1. The Labute approximate surface area is 118 Å². The number of carboxylic acid groups (broad SMARTS) is 1. The monoisotopic (exact) mass is 354 g/mol. The van der Waals surface area contributed by atoms with Crippen molar-refractivity contribution in [2.75, 3.05) is 5.32 Å². The van der Waals surface area contributed by atoms with Crippen LogP contribution in [-0.4, -0.2) is 16.1 Å². The van der Waals surface area contributed by atoms with E-state index >= 15 is 0 Å². The van der Waals surface area contributed by atoms with Crippen molar-refractivity contribution in [2.45, 2.75) is 6.54 Å². The van der Waals surface area contributed by atoms with Crippen LogP contribution in [0.4, 0.5) is 5.69 Å². The third kappa shape index (κ3) is 3.19. The van der Waals surface area contributed by atoms with Crippen LogP contribution in [0.25, 0.3) is 0 Å². The van der Waals surface area contributed by atoms with Crippen molar-refractivity contribution >= 4 is 34.2 Å². The minimum Gasteiger partial charge on any atom is -0.478 e. The fraction of sp³-hybridized carbons (Fsp3) is 0.0769. The van der Waals surface area contributed by atoms with E-state index in [1.807, 2.05) is 24.3 Å². The highest BCUT2D eigenvalue weighted by atomic mass is 127. The van der Waals surface area contributed by atoms with Crippen molar-refractivity contribution in [1.82, 2.24) is 4.98 Å². The lowest BCUT2D eigenvalue weighted by molar-refractivity contribution is 0.0695. The summed E-state index contributed by atoms with van der Waals surface area (Å²) in [7, 11) is 0. The van der Waals surface area contributed by atoms with E-state index in [0.717, 1.165) is 9.26 Å². The lowest BCUT2D eigenvalue weighted by Gasteiger charge is -2.08. The molecule has 2 aromatic rings. The lowest BCUT2D eigenvalue weighted by atomic mass is 10.2. The maximum atomic E-state index is 11.0. The van der Waals surface area contributed by atoms with E-state index in [9.17, 15) is 4.79 Å². The van der Waals surface area contributed by atoms with Gasteiger partial charge in [-0.05, 0) is 52.9 Å². The summed E-state index contributed by atoms with van der Waals surface area (Å²) >= 11 is 2.23. The van der Waals surface area contributed by atoms with Gasteiger partial charge >= 0.3 is 5.97 Å². The Morgan fingerprint density at radius 3 is 2.89 bits per heavy atom. The van der Waals surface area contributed by atoms with Gasteiger partial charge in [0.25, 0.3) is 0 Å². The number of rotatable bonds is 4. The summed E-state index contributed by atoms with van der Waals surface area (Å²) in [5, 5.41) is 12.2. The van der Waals surface area contributed by atoms with Gasteiger partial charge in [0.2, 0.25) is 0 Å². The molecule has 0 saturated heterocycles. The zero-order chi connectivity index (χ0) is 13.0. The maximum absolute atomic E-state index is 11.0. The molecule has 0 radical (unpaired) electrons. The van der Waals surface area contributed by atoms with E-state index in [-0.39, 0.29) is 5.56 Å². The molecule has 0 unspecified atom stereocenters. The minimum absolute atomic E-state index is 0.232. The Kier molecular flexibility index (Phi) is 4.14. The summed E-state index contributed by atoms with van der Waals surface area (Å²) in [6, 6.07) is 11.0. The summed E-state index contributed by atoms with van der Waals surface area (Å²) in [6.45, 7) is 0.391. The first-order valence-corrected chi connectivity index (χ1v) is 6.41. The van der Waals surface area contributed by atoms with Gasteiger partial charge in [0.1, 0.15) is 0 Å². The molecule has 0 bridgehead atoms. The van der Waals surface area contributed by atoms with E-state index in [1.165, 1.54) is 0 Å². The number of carboxylic acids is 1. The van der Waals surface area contributed by atoms with Crippen LogP contribution in [0.2, 0.25) is 0 Å². The molecular weight excluding hydrogens is 343 g/mol. The first-order chi connectivity index (χ1) is 8.66. The normalized spacial score (nSPS) is 10.1. The topological polar surface area (TPSA) is 62.2 Å². The van der Waals surface area contributed by atoms with Gasteiger partial charge in [0.05, 0.1) is 17.8 Å². The van der Waals surface area contributed by atoms with E-state index in [4.69, 9.17) is 5.11 Å². The molecule has 18 heavy (non-hydrogen) atoms. The molecule has 0 aliphatic carbocycles. The fourth-order valence-electron chi connectivity index (χ4n) is 1.56. The molecule has 0 saturated carbocycles. The molecule has 0 atom stereocenters. The quantitative estimate of drug-likeness (QED) is 0.829. The van der Waals surface area contributed by atoms with Gasteiger partial charge in [-0.25, -0.2) is 4.79 Å². The highest BCUT2D eigenvalue weighted by molar-refractivity contribution is 14.1. The van der Waals surface area contributed by atoms with Crippen LogP contribution in [-0.2, 0) is 6.54 Å². The first-order valence-electron chi connectivity index (χ1n) is 5.33. The Hall–Kier alpha value is -1.63. The second kappa shape index (κ2) is 5.81. The number of hydrogen-bond donors (Lipinski definition) is 2. The third-order valence-electron chi connectivity index (χ3n) is 2.41. The van der Waals surface area contributed by atoms with Gasteiger partial charge in [0, 0.05) is 15.5 Å². The number of halogens is 1. The van der Waals surface area contributed by atoms with Crippen molar-refractivity contribution in [3.63, 3.8) is 0 Å². The van der Waals surface area contributed by atoms with Gasteiger partial charge in [-0.3, -0.25) is 4.98 Å². The molecule has 2 rings (SSSR count). The smallest absolute Gasteiger partial charge is 0.337 e. The molecule has 4 nitrogen and oxygen atoms in total. The molecule has 1 heterocycles. The zero-order valence-electron chi connectivity index (χ0n) is 9.43. The van der Waals surface area contributed by atoms with Gasteiger partial charge in [-0.1, -0.05) is 6.07 Å². The number of hydrogen-bond acceptors (Lipinski definition) is 3. The largest absolute Gasteiger partial charge is 0.478 e. The van der Waals surface area contributed by atoms with E-state index in [0.29, 0.717) is 12.2 Å². The van der Waals surface area contributed by atoms with Crippen molar-refractivity contribution in [2.24, 2.45) is 0 Å². The van der Waals surface area contributed by atoms with Crippen LogP contribution in [0.3, 0.4) is 0 Å². The molecule has 0 amide bonds. The number of nitrogens with one attached hydrogen (secondary N) is 1. The standard InChI is InChI=1S/C13H11IN2O2/c14-9-3-1-4-10(7-9)16-8-12-11(13(17)18)5-2-6-15-12/h1-7,16H,8H2,(H,17,18). The third-order valence-corrected chi connectivity index (χ3v) is 3.08. The number of aromatic nitrogens is 1. The second-order valence-corrected chi connectivity index (χ2v) is 4.91. The zero-order valence-corrected chi connectivity index (χ0v) is 11.6. The summed E-state index contributed by atoms with van der Waals surface area (Å²) in [6.07, 6.45) is 1.60. The molecule has 5 heteroatoms. The molecule has 1 aromatic heterocycles. The average Bonchev–Trinajstić information content (AvgIpc) is 2.37. The van der Waals surface area contributed by atoms with Gasteiger partial charge < -0.3 is 10.4 Å². The van der Waals surface area contributed by atoms with E-state index < -0.39 is 5.97 Å². The molecule has 2 N–H and O–H groups in total. The van der Waals surface area contributed by atoms with Crippen molar-refractivity contribution in [3.05, 3.63) is 57.4 Å². The SMILES string of the molecule is O=C(O)c1cccnc1CNc1cccc(I)c1. The Morgan fingerprint density at radius 1 is 1.33 bits per heavy atom. The van der Waals surface area contributed by atoms with Gasteiger partial charge in [0.15, 0.2) is 0 Å². The number of benzene rings is 1. The minimum atomic E-state index is -0.956. The van der Waals surface area contributed by atoms with Crippen molar-refractivity contribution in [1.29, 1.82) is 0 Å². The molecule has 0 fully saturated rings. The number of anilines is 1. The van der Waals surface area contributed by atoms with Crippen LogP contribution < -0.4 is 5.32 Å². The summed E-state index contributed by atoms with van der Waals surface area (Å²) in [5.41, 5.74) is 1.71. The van der Waals surface area contributed by atoms with Gasteiger partial charge in [-0.15, -0.1) is 0 Å². The number of pyridine rings is 1. The predicted molar refractivity (Wildman–Crippen MR) is 77.7 cm³/mol. The molecular formula is C13H11IN2O2. The van der Waals surface area contributed by atoms with Crippen LogP contribution in [0.1, 0.15) is 16.1 Å². The Bertz CT molecular complexity index is 572. The highest BCUT2D eigenvalue weighted by Crippen LogP contribution is 2.14. The maximum Gasteiger partial charge on any atom is 0.337 e. The van der Waals surface area contributed by atoms with Crippen LogP contribution in [0, 0.1) is 3.57 Å². The first kappa shape index (κ1) is 12.8. The molecule has 0 spiro atoms. The van der Waals surface area contributed by atoms with Crippen LogP contribution in [0.15, 0.2) is 42.6 Å². The highest BCUT2D eigenvalue weighted by Gasteiger charge is 2.09.